The SMILES string of the molecule is CCCC[C@H]1CCCC[C@H](C)[C@@H](O[C@H]2OC[C@@H](O)[C@@H](O)[C@H]2O)c2cc(O)c(c(O)c2)[C@@H](CCCC)CCCC[C@H](C)[C@@H](O[C@@H]2OC[C@@H](O)[C@@H](O)[C@H]2O)c2cc(O)c1c(O)c2. The summed E-state index contributed by atoms with van der Waals surface area (Å²) in [5.74, 6) is -1.03. The van der Waals surface area contributed by atoms with E-state index in [9.17, 15) is 51.1 Å². The molecule has 0 spiro atoms. The van der Waals surface area contributed by atoms with Crippen LogP contribution in [0.2, 0.25) is 0 Å². The first-order valence-corrected chi connectivity index (χ1v) is 22.4. The van der Waals surface area contributed by atoms with E-state index in [2.05, 4.69) is 13.8 Å². The molecule has 2 aromatic rings. The molecule has 0 saturated carbocycles. The molecule has 10 N–H and O–H groups in total. The number of benzene rings is 2. The maximum atomic E-state index is 11.6. The highest BCUT2D eigenvalue weighted by Crippen LogP contribution is 2.47. The molecule has 2 aromatic carbocycles. The van der Waals surface area contributed by atoms with Crippen molar-refractivity contribution in [2.75, 3.05) is 13.2 Å². The summed E-state index contributed by atoms with van der Waals surface area (Å²) in [6, 6.07) is 6.44. The zero-order valence-electron chi connectivity index (χ0n) is 35.8. The number of phenolic OH excluding ortho intramolecular Hbond substituents is 4. The lowest BCUT2D eigenvalue weighted by Gasteiger charge is -2.38. The Balaban J connectivity index is 1.50. The van der Waals surface area contributed by atoms with E-state index >= 15 is 0 Å². The number of ether oxygens (including phenoxy) is 4. The minimum Gasteiger partial charge on any atom is -0.508 e. The molecule has 8 rings (SSSR count). The van der Waals surface area contributed by atoms with E-state index < -0.39 is 61.4 Å². The van der Waals surface area contributed by atoms with Crippen molar-refractivity contribution in [1.82, 2.24) is 0 Å². The van der Waals surface area contributed by atoms with Gasteiger partial charge in [-0.15, -0.1) is 0 Å². The summed E-state index contributed by atoms with van der Waals surface area (Å²) in [5.41, 5.74) is 1.88. The standard InChI is InChI=1S/C46H72O14/c1-5-7-15-27-17-11-9-13-25(3)44(60-46-42(56)40(54)36(52)24-58-46)30-21-33(49)38(34(50)22-30)28(16-8-6-2)18-12-10-14-26(4)43(29-19-31(47)37(27)32(48)20-29)59-45-41(55)39(53)35(51)23-57-45/h19-22,25-28,35-36,39-56H,5-18,23-24H2,1-4H3/t25-,26-,27-,28-,35+,36+,39+,40+,41+,42+,43+,44+,45-,46+/m0/s1. The van der Waals surface area contributed by atoms with E-state index in [0.717, 1.165) is 51.4 Å². The van der Waals surface area contributed by atoms with Gasteiger partial charge in [0, 0.05) is 11.1 Å². The van der Waals surface area contributed by atoms with Gasteiger partial charge < -0.3 is 70.0 Å². The molecule has 2 fully saturated rings. The van der Waals surface area contributed by atoms with Gasteiger partial charge in [-0.3, -0.25) is 0 Å². The minimum absolute atomic E-state index is 0.0591. The number of hydrogen-bond donors (Lipinski definition) is 10. The van der Waals surface area contributed by atoms with Crippen molar-refractivity contribution in [3.8, 4) is 23.0 Å². The molecule has 0 amide bonds. The van der Waals surface area contributed by atoms with Gasteiger partial charge in [0.1, 0.15) is 59.6 Å². The topological polar surface area (TPSA) is 239 Å². The smallest absolute Gasteiger partial charge is 0.186 e. The van der Waals surface area contributed by atoms with Crippen molar-refractivity contribution < 1.29 is 70.0 Å². The molecule has 0 unspecified atom stereocenters. The monoisotopic (exact) mass is 848 g/mol. The molecule has 340 valence electrons. The second-order valence-corrected chi connectivity index (χ2v) is 17.8. The third-order valence-corrected chi connectivity index (χ3v) is 13.0. The summed E-state index contributed by atoms with van der Waals surface area (Å²) in [7, 11) is 0. The van der Waals surface area contributed by atoms with Crippen LogP contribution in [0.1, 0.15) is 164 Å². The van der Waals surface area contributed by atoms with Gasteiger partial charge in [0.05, 0.1) is 25.4 Å². The van der Waals surface area contributed by atoms with E-state index in [1.165, 1.54) is 0 Å². The molecule has 0 radical (unpaired) electrons. The average molecular weight is 849 g/mol. The van der Waals surface area contributed by atoms with Gasteiger partial charge in [0.15, 0.2) is 12.6 Å². The lowest BCUT2D eigenvalue weighted by Crippen LogP contribution is -2.54. The first-order valence-electron chi connectivity index (χ1n) is 22.4. The predicted molar refractivity (Wildman–Crippen MR) is 223 cm³/mol. The summed E-state index contributed by atoms with van der Waals surface area (Å²) in [4.78, 5) is 0. The molecule has 14 nitrogen and oxygen atoms in total. The Labute approximate surface area is 354 Å². The maximum Gasteiger partial charge on any atom is 0.186 e. The second kappa shape index (κ2) is 22.5. The highest BCUT2D eigenvalue weighted by atomic mass is 16.7. The molecule has 14 heteroatoms. The Morgan fingerprint density at radius 3 is 1.18 bits per heavy atom. The molecular formula is C46H72O14. The van der Waals surface area contributed by atoms with Crippen molar-refractivity contribution in [1.29, 1.82) is 0 Å². The third-order valence-electron chi connectivity index (χ3n) is 13.0. The van der Waals surface area contributed by atoms with Crippen molar-refractivity contribution in [3.05, 3.63) is 46.5 Å². The fraction of sp³-hybridized carbons (Fsp3) is 0.739. The van der Waals surface area contributed by atoms with Crippen molar-refractivity contribution >= 4 is 0 Å². The summed E-state index contributed by atoms with van der Waals surface area (Å²) in [6.07, 6.45) is -2.17. The maximum absolute atomic E-state index is 11.6. The lowest BCUT2D eigenvalue weighted by molar-refractivity contribution is -0.288. The molecule has 14 atom stereocenters. The van der Waals surface area contributed by atoms with Gasteiger partial charge >= 0.3 is 0 Å². The van der Waals surface area contributed by atoms with Crippen molar-refractivity contribution in [3.63, 3.8) is 0 Å². The van der Waals surface area contributed by atoms with Crippen LogP contribution in [0.4, 0.5) is 0 Å². The van der Waals surface area contributed by atoms with E-state index in [0.29, 0.717) is 60.8 Å². The minimum atomic E-state index is -1.53. The predicted octanol–water partition coefficient (Wildman–Crippen LogP) is 6.16. The number of unbranched alkanes of at least 4 members (excludes halogenated alkanes) is 2. The Bertz CT molecular complexity index is 1460. The van der Waals surface area contributed by atoms with Crippen LogP contribution in [-0.4, -0.2) is 113 Å². The summed E-state index contributed by atoms with van der Waals surface area (Å²) in [5, 5.41) is 109. The average Bonchev–Trinajstić information content (AvgIpc) is 3.21. The van der Waals surface area contributed by atoms with Crippen LogP contribution in [0, 0.1) is 11.8 Å². The zero-order chi connectivity index (χ0) is 43.7. The van der Waals surface area contributed by atoms with Gasteiger partial charge in [-0.1, -0.05) is 79.1 Å². The van der Waals surface area contributed by atoms with E-state index in [1.807, 2.05) is 13.8 Å². The van der Waals surface area contributed by atoms with Crippen LogP contribution < -0.4 is 0 Å². The molecule has 0 aromatic heterocycles. The molecule has 2 aliphatic heterocycles. The van der Waals surface area contributed by atoms with Gasteiger partial charge in [0.2, 0.25) is 0 Å². The van der Waals surface area contributed by atoms with Crippen LogP contribution in [0.3, 0.4) is 0 Å². The molecule has 4 aliphatic carbocycles. The molecule has 6 aliphatic rings. The first-order chi connectivity index (χ1) is 28.7. The number of aromatic hydroxyl groups is 4. The molecule has 2 saturated heterocycles. The Hall–Kier alpha value is -2.76. The van der Waals surface area contributed by atoms with Crippen LogP contribution >= 0.6 is 0 Å². The Morgan fingerprint density at radius 2 is 0.850 bits per heavy atom. The summed E-state index contributed by atoms with van der Waals surface area (Å²) in [6.45, 7) is 7.64. The van der Waals surface area contributed by atoms with Gasteiger partial charge in [-0.05, 0) is 97.6 Å². The van der Waals surface area contributed by atoms with Crippen LogP contribution in [0.25, 0.3) is 0 Å². The van der Waals surface area contributed by atoms with Crippen molar-refractivity contribution in [2.45, 2.75) is 191 Å². The fourth-order valence-electron chi connectivity index (χ4n) is 9.41. The molecule has 4 bridgehead atoms. The summed E-state index contributed by atoms with van der Waals surface area (Å²) >= 11 is 0. The van der Waals surface area contributed by atoms with Gasteiger partial charge in [-0.2, -0.15) is 0 Å². The number of hydrogen-bond acceptors (Lipinski definition) is 14. The van der Waals surface area contributed by atoms with Gasteiger partial charge in [-0.25, -0.2) is 0 Å². The highest BCUT2D eigenvalue weighted by Gasteiger charge is 2.42. The number of aliphatic hydroxyl groups excluding tert-OH is 6. The molecule has 2 heterocycles. The first kappa shape index (κ1) is 48.3. The Kier molecular flexibility index (Phi) is 18.1. The lowest BCUT2D eigenvalue weighted by atomic mass is 9.83. The zero-order valence-corrected chi connectivity index (χ0v) is 35.8. The molecular weight excluding hydrogens is 776 g/mol. The largest absolute Gasteiger partial charge is 0.508 e. The number of aliphatic hydroxyl groups is 6. The van der Waals surface area contributed by atoms with Crippen LogP contribution in [0.5, 0.6) is 23.0 Å². The number of phenols is 4. The van der Waals surface area contributed by atoms with Crippen molar-refractivity contribution in [2.24, 2.45) is 11.8 Å². The quantitative estimate of drug-likeness (QED) is 0.129. The normalized spacial score (nSPS) is 35.2. The van der Waals surface area contributed by atoms with E-state index in [1.54, 1.807) is 24.3 Å². The van der Waals surface area contributed by atoms with Gasteiger partial charge in [0.25, 0.3) is 0 Å². The highest BCUT2D eigenvalue weighted by molar-refractivity contribution is 5.50. The second-order valence-electron chi connectivity index (χ2n) is 17.8. The number of rotatable bonds is 10. The third kappa shape index (κ3) is 11.8. The Morgan fingerprint density at radius 1 is 0.517 bits per heavy atom. The summed E-state index contributed by atoms with van der Waals surface area (Å²) < 4.78 is 24.0. The van der Waals surface area contributed by atoms with Crippen LogP contribution in [0.15, 0.2) is 24.3 Å². The van der Waals surface area contributed by atoms with E-state index in [-0.39, 0.29) is 59.9 Å². The van der Waals surface area contributed by atoms with Crippen LogP contribution in [-0.2, 0) is 18.9 Å². The fourth-order valence-corrected chi connectivity index (χ4v) is 9.41. The molecule has 60 heavy (non-hydrogen) atoms. The van der Waals surface area contributed by atoms with E-state index in [4.69, 9.17) is 18.9 Å².